The molecule has 0 aromatic heterocycles. The predicted molar refractivity (Wildman–Crippen MR) is 213 cm³/mol. The van der Waals surface area contributed by atoms with Crippen LogP contribution in [0.5, 0.6) is 0 Å². The van der Waals surface area contributed by atoms with Gasteiger partial charge in [-0.3, -0.25) is 9.79 Å². The first-order valence-electron chi connectivity index (χ1n) is 19.6. The zero-order chi connectivity index (χ0) is 39.8. The first-order valence-corrected chi connectivity index (χ1v) is 19.6. The van der Waals surface area contributed by atoms with Crippen LogP contribution in [0.3, 0.4) is 0 Å². The van der Waals surface area contributed by atoms with Crippen molar-refractivity contribution in [2.75, 3.05) is 14.2 Å². The zero-order valence-electron chi connectivity index (χ0n) is 36.1. The molecule has 1 saturated heterocycles. The van der Waals surface area contributed by atoms with E-state index in [0.717, 1.165) is 18.1 Å². The van der Waals surface area contributed by atoms with Crippen LogP contribution >= 0.6 is 0 Å². The molecule has 12 atom stereocenters. The number of ether oxygens (including phenoxy) is 2. The molecule has 0 amide bonds. The molecule has 50 heavy (non-hydrogen) atoms. The van der Waals surface area contributed by atoms with E-state index in [1.54, 1.807) is 14.2 Å². The fourth-order valence-corrected chi connectivity index (χ4v) is 8.29. The van der Waals surface area contributed by atoms with Gasteiger partial charge in [-0.15, -0.1) is 11.8 Å². The number of hydrogen-bond acceptors (Lipinski definition) is 7. The SMILES string of the molecule is CC.CC#CC.CC(C)C.CC[C@H]1CC(=O)C(C)[C@@H](C[C@H]2C[C@@](C)(OC)[C@@H](O)C(C)O2)[C@H](C)C[C@](C)(O)C[C@@H](C)C(=NC)C(C)C(O)C1(C)C. The van der Waals surface area contributed by atoms with Crippen LogP contribution in [0, 0.1) is 58.7 Å². The molecule has 2 aliphatic rings. The third-order valence-electron chi connectivity index (χ3n) is 11.2. The zero-order valence-corrected chi connectivity index (χ0v) is 36.1. The van der Waals surface area contributed by atoms with E-state index >= 15 is 0 Å². The summed E-state index contributed by atoms with van der Waals surface area (Å²) >= 11 is 0. The van der Waals surface area contributed by atoms with E-state index < -0.39 is 28.8 Å². The Labute approximate surface area is 310 Å². The second-order valence-electron chi connectivity index (χ2n) is 16.8. The second kappa shape index (κ2) is 23.4. The number of carbonyl (C=O) groups is 1. The maximum Gasteiger partial charge on any atom is 0.136 e. The molecule has 1 aliphatic heterocycles. The Morgan fingerprint density at radius 1 is 0.920 bits per heavy atom. The number of Topliss-reactive ketones (excluding diaryl/α,β-unsaturated/α-hetero) is 1. The Kier molecular flexibility index (Phi) is 23.8. The van der Waals surface area contributed by atoms with Crippen molar-refractivity contribution in [3.8, 4) is 11.8 Å². The quantitative estimate of drug-likeness (QED) is 0.251. The summed E-state index contributed by atoms with van der Waals surface area (Å²) in [5, 5.41) is 34.0. The number of hydrogen-bond donors (Lipinski definition) is 3. The van der Waals surface area contributed by atoms with Gasteiger partial charge in [0.15, 0.2) is 0 Å². The Balaban J connectivity index is 0. The summed E-state index contributed by atoms with van der Waals surface area (Å²) in [5.74, 6) is 6.03. The summed E-state index contributed by atoms with van der Waals surface area (Å²) in [6, 6.07) is 0. The van der Waals surface area contributed by atoms with Crippen molar-refractivity contribution in [1.29, 1.82) is 0 Å². The van der Waals surface area contributed by atoms with Crippen molar-refractivity contribution in [2.24, 2.45) is 51.8 Å². The molecule has 0 aromatic carbocycles. The molecule has 0 bridgehead atoms. The lowest BCUT2D eigenvalue weighted by atomic mass is 9.64. The van der Waals surface area contributed by atoms with Gasteiger partial charge in [0.1, 0.15) is 11.9 Å². The molecule has 0 radical (unpaired) electrons. The van der Waals surface area contributed by atoms with Crippen molar-refractivity contribution in [1.82, 2.24) is 0 Å². The molecule has 3 N–H and O–H groups in total. The lowest BCUT2D eigenvalue weighted by molar-refractivity contribution is -0.218. The number of methoxy groups -OCH3 is 1. The summed E-state index contributed by atoms with van der Waals surface area (Å²) in [6.45, 7) is 34.4. The lowest BCUT2D eigenvalue weighted by Gasteiger charge is -2.46. The van der Waals surface area contributed by atoms with Crippen molar-refractivity contribution < 1.29 is 29.6 Å². The van der Waals surface area contributed by atoms with Gasteiger partial charge in [-0.2, -0.15) is 0 Å². The monoisotopic (exact) mass is 710 g/mol. The molecule has 4 unspecified atom stereocenters. The maximum absolute atomic E-state index is 14.0. The number of aliphatic hydroxyl groups is 3. The van der Waals surface area contributed by atoms with Crippen LogP contribution in [0.4, 0.5) is 0 Å². The van der Waals surface area contributed by atoms with Gasteiger partial charge in [0.2, 0.25) is 0 Å². The van der Waals surface area contributed by atoms with E-state index in [2.05, 4.69) is 72.2 Å². The standard InChI is InChI=1S/C33H61NO6.C4H10.C4H6.C2H6/c1-13-24-14-27(35)21(4)26(15-25-18-33(10,39-12)30(37)23(6)40-25)19(2)16-32(9,38)17-20(3)28(34-11)22(5)29(36)31(24,7)8;1-4(2)3;1-3-4-2;1-2/h19-26,29-30,36-38H,13-18H2,1-12H3;4H,1-3H3;1-2H3;1-2H3/t19-,20-,21?,22?,23?,24+,25+,26+,29?,30+,32+,33-;;;/m1.../s1. The van der Waals surface area contributed by atoms with E-state index in [0.29, 0.717) is 32.1 Å². The predicted octanol–water partition coefficient (Wildman–Crippen LogP) is 9.19. The molecule has 0 aromatic rings. The molecule has 0 spiro atoms. The van der Waals surface area contributed by atoms with Gasteiger partial charge in [0, 0.05) is 44.5 Å². The third-order valence-corrected chi connectivity index (χ3v) is 11.2. The van der Waals surface area contributed by atoms with Crippen LogP contribution in [0.1, 0.15) is 156 Å². The van der Waals surface area contributed by atoms with Crippen molar-refractivity contribution in [3.63, 3.8) is 0 Å². The molecule has 7 nitrogen and oxygen atoms in total. The van der Waals surface area contributed by atoms with Gasteiger partial charge in [0.25, 0.3) is 0 Å². The molecule has 2 rings (SSSR count). The normalized spacial score (nSPS) is 38.9. The largest absolute Gasteiger partial charge is 0.392 e. The number of rotatable bonds is 4. The number of carbonyl (C=O) groups excluding carboxylic acids is 1. The molecular weight excluding hydrogens is 626 g/mol. The van der Waals surface area contributed by atoms with E-state index in [-0.39, 0.29) is 53.5 Å². The van der Waals surface area contributed by atoms with Crippen molar-refractivity contribution in [3.05, 3.63) is 0 Å². The Morgan fingerprint density at radius 2 is 1.42 bits per heavy atom. The molecule has 2 fully saturated rings. The van der Waals surface area contributed by atoms with E-state index in [4.69, 9.17) is 9.47 Å². The average molecular weight is 710 g/mol. The third kappa shape index (κ3) is 15.4. The van der Waals surface area contributed by atoms with Gasteiger partial charge >= 0.3 is 0 Å². The van der Waals surface area contributed by atoms with Crippen molar-refractivity contribution in [2.45, 2.75) is 192 Å². The summed E-state index contributed by atoms with van der Waals surface area (Å²) < 4.78 is 12.0. The highest BCUT2D eigenvalue weighted by Crippen LogP contribution is 2.44. The Morgan fingerprint density at radius 3 is 1.84 bits per heavy atom. The summed E-state index contributed by atoms with van der Waals surface area (Å²) in [6.07, 6.45) is 1.51. The van der Waals surface area contributed by atoms with Gasteiger partial charge in [0.05, 0.1) is 29.5 Å². The van der Waals surface area contributed by atoms with Crippen LogP contribution in [0.25, 0.3) is 0 Å². The van der Waals surface area contributed by atoms with Gasteiger partial charge < -0.3 is 24.8 Å². The maximum atomic E-state index is 14.0. The minimum atomic E-state index is -0.968. The smallest absolute Gasteiger partial charge is 0.136 e. The second-order valence-corrected chi connectivity index (χ2v) is 16.8. The van der Waals surface area contributed by atoms with Crippen molar-refractivity contribution >= 4 is 11.5 Å². The first-order chi connectivity index (χ1) is 23.0. The van der Waals surface area contributed by atoms with Crippen LogP contribution < -0.4 is 0 Å². The molecule has 296 valence electrons. The highest BCUT2D eigenvalue weighted by atomic mass is 16.5. The number of aliphatic hydroxyl groups excluding tert-OH is 2. The molecule has 7 heteroatoms. The highest BCUT2D eigenvalue weighted by molar-refractivity contribution is 5.89. The Bertz CT molecular complexity index is 1030. The molecule has 1 heterocycles. The number of aliphatic imine (C=N–C) groups is 1. The minimum absolute atomic E-state index is 0.000372. The van der Waals surface area contributed by atoms with Crippen LogP contribution in [-0.4, -0.2) is 76.6 Å². The fraction of sp³-hybridized carbons (Fsp3) is 0.907. The number of ketones is 1. The van der Waals surface area contributed by atoms with E-state index in [1.807, 2.05) is 62.3 Å². The van der Waals surface area contributed by atoms with E-state index in [9.17, 15) is 20.1 Å². The van der Waals surface area contributed by atoms with Gasteiger partial charge in [-0.1, -0.05) is 89.5 Å². The minimum Gasteiger partial charge on any atom is -0.392 e. The van der Waals surface area contributed by atoms with E-state index in [1.165, 1.54) is 0 Å². The summed E-state index contributed by atoms with van der Waals surface area (Å²) in [7, 11) is 3.40. The van der Waals surface area contributed by atoms with Gasteiger partial charge in [-0.05, 0) is 88.9 Å². The molecule has 1 aliphatic carbocycles. The van der Waals surface area contributed by atoms with Crippen LogP contribution in [0.2, 0.25) is 0 Å². The average Bonchev–Trinajstić information content (AvgIpc) is 3.03. The number of nitrogens with zero attached hydrogens (tertiary/aromatic N) is 1. The Hall–Kier alpha value is -1.30. The topological polar surface area (TPSA) is 109 Å². The first kappa shape index (κ1) is 50.8. The van der Waals surface area contributed by atoms with Crippen LogP contribution in [0.15, 0.2) is 4.99 Å². The highest BCUT2D eigenvalue weighted by Gasteiger charge is 2.48. The molecule has 1 saturated carbocycles. The van der Waals surface area contributed by atoms with Crippen LogP contribution in [-0.2, 0) is 14.3 Å². The van der Waals surface area contributed by atoms with Gasteiger partial charge in [-0.25, -0.2) is 0 Å². The molecular formula is C43H83NO6. The fourth-order valence-electron chi connectivity index (χ4n) is 8.29. The lowest BCUT2D eigenvalue weighted by Crippen LogP contribution is -2.56. The summed E-state index contributed by atoms with van der Waals surface area (Å²) in [5.41, 5.74) is -1.27. The summed E-state index contributed by atoms with van der Waals surface area (Å²) in [4.78, 5) is 18.6.